The molecule has 84 valence electrons. The van der Waals surface area contributed by atoms with Crippen LogP contribution in [0.15, 0.2) is 24.3 Å². The molecule has 1 aromatic rings. The highest BCUT2D eigenvalue weighted by Crippen LogP contribution is 2.56. The molecule has 0 nitrogen and oxygen atoms in total. The molecule has 1 saturated carbocycles. The fourth-order valence-corrected chi connectivity index (χ4v) is 2.43. The molecule has 0 atom stereocenters. The van der Waals surface area contributed by atoms with Gasteiger partial charge in [0.25, 0.3) is 0 Å². The zero-order valence-corrected chi connectivity index (χ0v) is 10.6. The minimum atomic E-state index is 0.677. The zero-order chi connectivity index (χ0) is 11.3. The van der Waals surface area contributed by atoms with E-state index in [-0.39, 0.29) is 0 Å². The second-order valence-corrected chi connectivity index (χ2v) is 3.94. The summed E-state index contributed by atoms with van der Waals surface area (Å²) < 4.78 is 0. The second-order valence-electron chi connectivity index (χ2n) is 3.94. The number of fused-ring (bicyclic) bond motifs is 2. The summed E-state index contributed by atoms with van der Waals surface area (Å²) in [6, 6.07) is 8.97. The lowest BCUT2D eigenvalue weighted by Crippen LogP contribution is -1.98. The van der Waals surface area contributed by atoms with Crippen molar-refractivity contribution in [1.82, 2.24) is 0 Å². The molecule has 0 heterocycles. The summed E-state index contributed by atoms with van der Waals surface area (Å²) in [6.45, 7) is 8.00. The summed E-state index contributed by atoms with van der Waals surface area (Å²) in [6.07, 6.45) is 5.65. The van der Waals surface area contributed by atoms with Gasteiger partial charge in [-0.05, 0) is 42.2 Å². The van der Waals surface area contributed by atoms with Gasteiger partial charge in [0, 0.05) is 0 Å². The van der Waals surface area contributed by atoms with Crippen LogP contribution in [-0.2, 0) is 11.8 Å². The standard InChI is InChI=1S/C11H12.2C2H6/c1-2-4-10-9(3-1)5-6-11(10)7-8-11;2*1-2/h1-4H,5-8H2;2*1-2H3. The minimum absolute atomic E-state index is 0.677. The van der Waals surface area contributed by atoms with E-state index in [1.807, 2.05) is 27.7 Å². The predicted molar refractivity (Wildman–Crippen MR) is 68.4 cm³/mol. The summed E-state index contributed by atoms with van der Waals surface area (Å²) in [7, 11) is 0. The van der Waals surface area contributed by atoms with E-state index in [2.05, 4.69) is 24.3 Å². The Morgan fingerprint density at radius 2 is 1.47 bits per heavy atom. The highest BCUT2D eigenvalue weighted by molar-refractivity contribution is 5.43. The molecule has 0 radical (unpaired) electrons. The number of benzene rings is 1. The number of rotatable bonds is 0. The van der Waals surface area contributed by atoms with E-state index < -0.39 is 0 Å². The molecule has 0 N–H and O–H groups in total. The van der Waals surface area contributed by atoms with Crippen LogP contribution < -0.4 is 0 Å². The first-order valence-electron chi connectivity index (χ1n) is 6.49. The fraction of sp³-hybridized carbons (Fsp3) is 0.600. The average molecular weight is 204 g/mol. The fourth-order valence-electron chi connectivity index (χ4n) is 2.43. The Morgan fingerprint density at radius 3 is 2.07 bits per heavy atom. The first kappa shape index (κ1) is 12.3. The summed E-state index contributed by atoms with van der Waals surface area (Å²) >= 11 is 0. The van der Waals surface area contributed by atoms with Crippen LogP contribution in [0.4, 0.5) is 0 Å². The van der Waals surface area contributed by atoms with Gasteiger partial charge in [0.05, 0.1) is 0 Å². The van der Waals surface area contributed by atoms with Gasteiger partial charge in [0.2, 0.25) is 0 Å². The molecule has 0 aromatic heterocycles. The van der Waals surface area contributed by atoms with Crippen molar-refractivity contribution in [3.05, 3.63) is 35.4 Å². The van der Waals surface area contributed by atoms with Gasteiger partial charge >= 0.3 is 0 Å². The Labute approximate surface area is 94.7 Å². The second kappa shape index (κ2) is 5.34. The van der Waals surface area contributed by atoms with Crippen molar-refractivity contribution in [2.45, 2.75) is 58.8 Å². The van der Waals surface area contributed by atoms with E-state index in [0.29, 0.717) is 5.41 Å². The van der Waals surface area contributed by atoms with Crippen LogP contribution in [0.3, 0.4) is 0 Å². The molecule has 0 amide bonds. The van der Waals surface area contributed by atoms with Crippen molar-refractivity contribution in [2.24, 2.45) is 0 Å². The van der Waals surface area contributed by atoms with Crippen molar-refractivity contribution >= 4 is 0 Å². The molecule has 0 saturated heterocycles. The Balaban J connectivity index is 0.000000255. The minimum Gasteiger partial charge on any atom is -0.0683 e. The van der Waals surface area contributed by atoms with Gasteiger partial charge in [0.1, 0.15) is 0 Å². The summed E-state index contributed by atoms with van der Waals surface area (Å²) in [5.41, 5.74) is 3.96. The Hall–Kier alpha value is -0.780. The van der Waals surface area contributed by atoms with Crippen LogP contribution in [0.1, 0.15) is 58.1 Å². The molecule has 15 heavy (non-hydrogen) atoms. The maximum atomic E-state index is 2.33. The monoisotopic (exact) mass is 204 g/mol. The highest BCUT2D eigenvalue weighted by Gasteiger charge is 2.47. The molecule has 0 bridgehead atoms. The van der Waals surface area contributed by atoms with Crippen molar-refractivity contribution in [1.29, 1.82) is 0 Å². The molecule has 2 aliphatic rings. The topological polar surface area (TPSA) is 0 Å². The number of hydrogen-bond acceptors (Lipinski definition) is 0. The molecule has 3 rings (SSSR count). The summed E-state index contributed by atoms with van der Waals surface area (Å²) in [5, 5.41) is 0. The molecule has 1 fully saturated rings. The third kappa shape index (κ3) is 2.25. The molecule has 0 aliphatic heterocycles. The summed E-state index contributed by atoms with van der Waals surface area (Å²) in [4.78, 5) is 0. The largest absolute Gasteiger partial charge is 0.0683 e. The van der Waals surface area contributed by atoms with Crippen LogP contribution in [0.2, 0.25) is 0 Å². The molecule has 2 aliphatic carbocycles. The van der Waals surface area contributed by atoms with Gasteiger partial charge in [-0.25, -0.2) is 0 Å². The lowest BCUT2D eigenvalue weighted by Gasteiger charge is -2.05. The Morgan fingerprint density at radius 1 is 0.867 bits per heavy atom. The van der Waals surface area contributed by atoms with E-state index in [1.165, 1.54) is 25.7 Å². The molecular weight excluding hydrogens is 180 g/mol. The van der Waals surface area contributed by atoms with E-state index >= 15 is 0 Å². The lowest BCUT2D eigenvalue weighted by molar-refractivity contribution is 0.681. The van der Waals surface area contributed by atoms with E-state index in [0.717, 1.165) is 0 Å². The van der Waals surface area contributed by atoms with Crippen LogP contribution in [-0.4, -0.2) is 0 Å². The summed E-state index contributed by atoms with van der Waals surface area (Å²) in [5.74, 6) is 0. The normalized spacial score (nSPS) is 18.1. The van der Waals surface area contributed by atoms with E-state index in [9.17, 15) is 0 Å². The molecule has 0 heteroatoms. The first-order valence-corrected chi connectivity index (χ1v) is 6.49. The van der Waals surface area contributed by atoms with Gasteiger partial charge in [-0.1, -0.05) is 52.0 Å². The average Bonchev–Trinajstić information content (AvgIpc) is 3.03. The van der Waals surface area contributed by atoms with E-state index in [4.69, 9.17) is 0 Å². The third-order valence-corrected chi connectivity index (χ3v) is 3.32. The van der Waals surface area contributed by atoms with Gasteiger partial charge < -0.3 is 0 Å². The number of aryl methyl sites for hydroxylation is 1. The van der Waals surface area contributed by atoms with E-state index in [1.54, 1.807) is 11.1 Å². The van der Waals surface area contributed by atoms with Gasteiger partial charge in [-0.15, -0.1) is 0 Å². The maximum Gasteiger partial charge on any atom is -0.00404 e. The highest BCUT2D eigenvalue weighted by atomic mass is 14.5. The first-order chi connectivity index (χ1) is 7.41. The van der Waals surface area contributed by atoms with Gasteiger partial charge in [-0.3, -0.25) is 0 Å². The van der Waals surface area contributed by atoms with Crippen LogP contribution >= 0.6 is 0 Å². The third-order valence-electron chi connectivity index (χ3n) is 3.32. The maximum absolute atomic E-state index is 2.33. The van der Waals surface area contributed by atoms with Crippen molar-refractivity contribution in [2.75, 3.05) is 0 Å². The van der Waals surface area contributed by atoms with Crippen LogP contribution in [0.5, 0.6) is 0 Å². The van der Waals surface area contributed by atoms with Gasteiger partial charge in [-0.2, -0.15) is 0 Å². The van der Waals surface area contributed by atoms with Crippen molar-refractivity contribution in [3.63, 3.8) is 0 Å². The molecular formula is C15H24. The lowest BCUT2D eigenvalue weighted by atomic mass is 9.99. The van der Waals surface area contributed by atoms with Crippen LogP contribution in [0.25, 0.3) is 0 Å². The van der Waals surface area contributed by atoms with Crippen molar-refractivity contribution in [3.8, 4) is 0 Å². The molecule has 1 aromatic carbocycles. The zero-order valence-electron chi connectivity index (χ0n) is 10.6. The molecule has 0 unspecified atom stereocenters. The van der Waals surface area contributed by atoms with Crippen LogP contribution in [0, 0.1) is 0 Å². The number of hydrogen-bond donors (Lipinski definition) is 0. The SMILES string of the molecule is CC.CC.c1ccc2c(c1)CCC21CC1. The molecule has 1 spiro atoms. The van der Waals surface area contributed by atoms with Crippen molar-refractivity contribution < 1.29 is 0 Å². The Bertz CT molecular complexity index is 295. The smallest absolute Gasteiger partial charge is 0.00404 e. The Kier molecular flexibility index (Phi) is 4.38. The van der Waals surface area contributed by atoms with Gasteiger partial charge in [0.15, 0.2) is 0 Å². The predicted octanol–water partition coefficient (Wildman–Crippen LogP) is 4.72. The quantitative estimate of drug-likeness (QED) is 0.574.